The lowest BCUT2D eigenvalue weighted by atomic mass is 10.3. The number of carbonyl (C=O) groups is 1. The van der Waals surface area contributed by atoms with E-state index in [2.05, 4.69) is 0 Å². The van der Waals surface area contributed by atoms with Crippen LogP contribution in [0.15, 0.2) is 0 Å². The van der Waals surface area contributed by atoms with Gasteiger partial charge in [0.1, 0.15) is 13.6 Å². The molecule has 2 rings (SSSR count). The van der Waals surface area contributed by atoms with Crippen molar-refractivity contribution in [2.75, 3.05) is 6.79 Å². The largest absolute Gasteiger partial charge is 0.349 e. The molecule has 58 valence electrons. The van der Waals surface area contributed by atoms with E-state index in [0.29, 0.717) is 19.0 Å². The number of carbonyl (C=O) groups excluding carboxylic acids is 1. The third kappa shape index (κ3) is 1.36. The summed E-state index contributed by atoms with van der Waals surface area (Å²) in [4.78, 5) is 8.00. The van der Waals surface area contributed by atoms with E-state index in [1.165, 1.54) is 19.3 Å². The van der Waals surface area contributed by atoms with Gasteiger partial charge in [-0.3, -0.25) is 0 Å². The highest BCUT2D eigenvalue weighted by Crippen LogP contribution is 2.28. The molecule has 2 fully saturated rings. The molecule has 1 heterocycles. The van der Waals surface area contributed by atoms with Gasteiger partial charge in [-0.05, 0) is 19.3 Å². The minimum atomic E-state index is 0.454. The van der Waals surface area contributed by atoms with Crippen LogP contribution in [0, 0.1) is 0 Å². The highest BCUT2D eigenvalue weighted by atomic mass is 16.7. The zero-order valence-electron chi connectivity index (χ0n) is 5.91. The highest BCUT2D eigenvalue weighted by molar-refractivity contribution is 5.10. The minimum absolute atomic E-state index is 0.454. The monoisotopic (exact) mass is 144 g/mol. The van der Waals surface area contributed by atoms with E-state index in [0.717, 1.165) is 0 Å². The van der Waals surface area contributed by atoms with E-state index in [1.54, 1.807) is 0 Å². The van der Waals surface area contributed by atoms with E-state index in [1.807, 2.05) is 6.79 Å². The van der Waals surface area contributed by atoms with Crippen molar-refractivity contribution in [1.29, 1.82) is 0 Å². The van der Waals surface area contributed by atoms with Gasteiger partial charge in [-0.1, -0.05) is 0 Å². The third-order valence-corrected chi connectivity index (χ3v) is 1.96. The van der Waals surface area contributed by atoms with E-state index in [-0.39, 0.29) is 0 Å². The molecular weight excluding hydrogens is 132 g/mol. The second kappa shape index (κ2) is 3.68. The average molecular weight is 144 g/mol. The van der Waals surface area contributed by atoms with Crippen LogP contribution in [0.3, 0.4) is 0 Å². The molecule has 1 saturated heterocycles. The zero-order valence-corrected chi connectivity index (χ0v) is 5.91. The summed E-state index contributed by atoms with van der Waals surface area (Å²) in [7, 11) is 0. The van der Waals surface area contributed by atoms with Crippen LogP contribution in [0.5, 0.6) is 0 Å². The lowest BCUT2D eigenvalue weighted by Gasteiger charge is -2.01. The molecule has 1 aliphatic heterocycles. The van der Waals surface area contributed by atoms with E-state index >= 15 is 0 Å². The molecule has 2 unspecified atom stereocenters. The summed E-state index contributed by atoms with van der Waals surface area (Å²) >= 11 is 0. The summed E-state index contributed by atoms with van der Waals surface area (Å²) in [6, 6.07) is 0. The van der Waals surface area contributed by atoms with Crippen molar-refractivity contribution in [3.05, 3.63) is 0 Å². The van der Waals surface area contributed by atoms with E-state index < -0.39 is 0 Å². The first-order chi connectivity index (χ1) is 4.97. The summed E-state index contributed by atoms with van der Waals surface area (Å²) < 4.78 is 10.5. The van der Waals surface area contributed by atoms with Crippen LogP contribution in [0.1, 0.15) is 19.3 Å². The Bertz CT molecular complexity index is 85.0. The van der Waals surface area contributed by atoms with Crippen molar-refractivity contribution in [1.82, 2.24) is 0 Å². The van der Waals surface area contributed by atoms with Gasteiger partial charge in [0.15, 0.2) is 0 Å². The van der Waals surface area contributed by atoms with Crippen molar-refractivity contribution in [3.8, 4) is 0 Å². The van der Waals surface area contributed by atoms with Gasteiger partial charge in [0, 0.05) is 0 Å². The molecule has 0 N–H and O–H groups in total. The smallest absolute Gasteiger partial charge is 0.147 e. The van der Waals surface area contributed by atoms with Gasteiger partial charge >= 0.3 is 0 Å². The molecule has 2 aliphatic rings. The Hall–Kier alpha value is -0.410. The maximum atomic E-state index is 8.00. The maximum Gasteiger partial charge on any atom is 0.147 e. The van der Waals surface area contributed by atoms with Crippen LogP contribution in [0.2, 0.25) is 0 Å². The summed E-state index contributed by atoms with van der Waals surface area (Å²) in [6.07, 6.45) is 4.62. The molecular formula is C7H12O3. The molecule has 3 nitrogen and oxygen atoms in total. The quantitative estimate of drug-likeness (QED) is 0.502. The van der Waals surface area contributed by atoms with Crippen molar-refractivity contribution in [3.63, 3.8) is 0 Å². The van der Waals surface area contributed by atoms with Gasteiger partial charge in [0.2, 0.25) is 0 Å². The molecule has 10 heavy (non-hydrogen) atoms. The normalized spacial score (nSPS) is 36.4. The number of hydrogen-bond donors (Lipinski definition) is 0. The van der Waals surface area contributed by atoms with Crippen LogP contribution in [0.25, 0.3) is 0 Å². The fourth-order valence-electron chi connectivity index (χ4n) is 1.49. The topological polar surface area (TPSA) is 35.5 Å². The van der Waals surface area contributed by atoms with Crippen LogP contribution >= 0.6 is 0 Å². The van der Waals surface area contributed by atoms with Gasteiger partial charge in [0.25, 0.3) is 0 Å². The van der Waals surface area contributed by atoms with Crippen molar-refractivity contribution in [2.45, 2.75) is 31.5 Å². The third-order valence-electron chi connectivity index (χ3n) is 1.96. The summed E-state index contributed by atoms with van der Waals surface area (Å²) in [5, 5.41) is 0. The SMILES string of the molecule is C1CC2OCOC2C1.C=O. The molecule has 1 aliphatic carbocycles. The second-order valence-corrected chi connectivity index (χ2v) is 2.46. The fourth-order valence-corrected chi connectivity index (χ4v) is 1.49. The molecule has 1 saturated carbocycles. The molecule has 0 aromatic rings. The van der Waals surface area contributed by atoms with Gasteiger partial charge in [0.05, 0.1) is 12.2 Å². The Balaban J connectivity index is 0.000000231. The first kappa shape index (κ1) is 7.69. The maximum absolute atomic E-state index is 8.00. The summed E-state index contributed by atoms with van der Waals surface area (Å²) in [6.45, 7) is 2.54. The van der Waals surface area contributed by atoms with Crippen molar-refractivity contribution in [2.24, 2.45) is 0 Å². The lowest BCUT2D eigenvalue weighted by Crippen LogP contribution is -2.13. The van der Waals surface area contributed by atoms with Gasteiger partial charge in [-0.15, -0.1) is 0 Å². The number of hydrogen-bond acceptors (Lipinski definition) is 3. The van der Waals surface area contributed by atoms with E-state index in [4.69, 9.17) is 14.3 Å². The summed E-state index contributed by atoms with van der Waals surface area (Å²) in [5.74, 6) is 0. The lowest BCUT2D eigenvalue weighted by molar-refractivity contribution is -0.0979. The highest BCUT2D eigenvalue weighted by Gasteiger charge is 2.33. The first-order valence-corrected chi connectivity index (χ1v) is 3.49. The fraction of sp³-hybridized carbons (Fsp3) is 0.857. The molecule has 0 radical (unpaired) electrons. The molecule has 0 aromatic carbocycles. The molecule has 0 amide bonds. The van der Waals surface area contributed by atoms with Crippen LogP contribution in [-0.4, -0.2) is 25.8 Å². The number of fused-ring (bicyclic) bond motifs is 1. The van der Waals surface area contributed by atoms with Crippen LogP contribution < -0.4 is 0 Å². The van der Waals surface area contributed by atoms with Crippen molar-refractivity contribution >= 4 is 6.79 Å². The van der Waals surface area contributed by atoms with E-state index in [9.17, 15) is 0 Å². The minimum Gasteiger partial charge on any atom is -0.349 e. The van der Waals surface area contributed by atoms with Gasteiger partial charge in [-0.2, -0.15) is 0 Å². The summed E-state index contributed by atoms with van der Waals surface area (Å²) in [5.41, 5.74) is 0. The molecule has 0 bridgehead atoms. The molecule has 3 heteroatoms. The Morgan fingerprint density at radius 3 is 2.10 bits per heavy atom. The zero-order chi connectivity index (χ0) is 7.40. The molecule has 2 atom stereocenters. The average Bonchev–Trinajstić information content (AvgIpc) is 2.49. The standard InChI is InChI=1S/C6H10O2.CH2O/c1-2-5-6(3-1)8-4-7-5;1-2/h5-6H,1-4H2;1H2. The van der Waals surface area contributed by atoms with Crippen LogP contribution in [0.4, 0.5) is 0 Å². The molecule has 0 spiro atoms. The Morgan fingerprint density at radius 1 is 1.10 bits per heavy atom. The predicted octanol–water partition coefficient (Wildman–Crippen LogP) is 0.727. The van der Waals surface area contributed by atoms with Gasteiger partial charge < -0.3 is 14.3 Å². The Labute approximate surface area is 60.3 Å². The Morgan fingerprint density at radius 2 is 1.60 bits per heavy atom. The Kier molecular flexibility index (Phi) is 2.83. The number of ether oxygens (including phenoxy) is 2. The second-order valence-electron chi connectivity index (χ2n) is 2.46. The van der Waals surface area contributed by atoms with Gasteiger partial charge in [-0.25, -0.2) is 0 Å². The molecule has 0 aromatic heterocycles. The predicted molar refractivity (Wildman–Crippen MR) is 35.6 cm³/mol. The first-order valence-electron chi connectivity index (χ1n) is 3.49. The van der Waals surface area contributed by atoms with Crippen LogP contribution in [-0.2, 0) is 14.3 Å². The number of rotatable bonds is 0. The van der Waals surface area contributed by atoms with Crippen molar-refractivity contribution < 1.29 is 14.3 Å².